The molecular formula is C62H83O3P. The van der Waals surface area contributed by atoms with Gasteiger partial charge in [0.1, 0.15) is 17.2 Å². The molecule has 0 heterocycles. The maximum absolute atomic E-state index is 7.42. The third-order valence-electron chi connectivity index (χ3n) is 16.4. The van der Waals surface area contributed by atoms with Crippen LogP contribution in [0.1, 0.15) is 197 Å². The van der Waals surface area contributed by atoms with Crippen LogP contribution in [-0.4, -0.2) is 0 Å². The zero-order valence-corrected chi connectivity index (χ0v) is 45.1. The molecule has 0 amide bonds. The highest BCUT2D eigenvalue weighted by Crippen LogP contribution is 2.52. The Morgan fingerprint density at radius 2 is 0.697 bits per heavy atom. The van der Waals surface area contributed by atoms with Crippen LogP contribution in [0.2, 0.25) is 0 Å². The molecule has 0 aliphatic carbocycles. The molecule has 0 N–H and O–H groups in total. The van der Waals surface area contributed by atoms with Crippen LogP contribution in [0.3, 0.4) is 0 Å². The van der Waals surface area contributed by atoms with Gasteiger partial charge in [0.25, 0.3) is 0 Å². The molecule has 0 atom stereocenters. The minimum atomic E-state index is -2.04. The summed E-state index contributed by atoms with van der Waals surface area (Å²) >= 11 is 0. The summed E-state index contributed by atoms with van der Waals surface area (Å²) in [5.41, 5.74) is 9.67. The van der Waals surface area contributed by atoms with Gasteiger partial charge in [0.15, 0.2) is 0 Å². The Morgan fingerprint density at radius 1 is 0.348 bits per heavy atom. The molecule has 6 aromatic rings. The zero-order valence-electron chi connectivity index (χ0n) is 44.2. The smallest absolute Gasteiger partial charge is 0.409 e. The standard InChI is InChI=1S/C62H83O3P/c1-19-57(7,8)46-34-44-36-53(61(15,16)23-5)55(40-49(44)51(38-46)59(11,12)21-3)64-66(63-48-32-30-43(31-33-48)42-28-26-25-27-29-42)65-56-41-50-45(37-54(56)62(17,18)24-6)35-47(58(9,10)20-2)39-52(50)60(13,14)22-4/h25-41H,19-24H2,1-18H3. The fourth-order valence-corrected chi connectivity index (χ4v) is 9.73. The van der Waals surface area contributed by atoms with Crippen LogP contribution >= 0.6 is 8.60 Å². The molecule has 6 aromatic carbocycles. The highest BCUT2D eigenvalue weighted by molar-refractivity contribution is 7.43. The highest BCUT2D eigenvalue weighted by atomic mass is 31.2. The van der Waals surface area contributed by atoms with Gasteiger partial charge in [0.2, 0.25) is 0 Å². The molecular weight excluding hydrogens is 824 g/mol. The molecule has 0 saturated heterocycles. The molecule has 0 aliphatic heterocycles. The van der Waals surface area contributed by atoms with Crippen molar-refractivity contribution in [1.82, 2.24) is 0 Å². The number of hydrogen-bond acceptors (Lipinski definition) is 3. The predicted molar refractivity (Wildman–Crippen MR) is 288 cm³/mol. The van der Waals surface area contributed by atoms with Gasteiger partial charge in [-0.1, -0.05) is 191 Å². The highest BCUT2D eigenvalue weighted by Gasteiger charge is 2.34. The largest absolute Gasteiger partial charge is 0.530 e. The molecule has 0 spiro atoms. The summed E-state index contributed by atoms with van der Waals surface area (Å²) in [5, 5.41) is 4.97. The molecule has 0 bridgehead atoms. The van der Waals surface area contributed by atoms with E-state index in [-0.39, 0.29) is 32.5 Å². The van der Waals surface area contributed by atoms with Crippen LogP contribution in [0, 0.1) is 0 Å². The first-order chi connectivity index (χ1) is 30.9. The summed E-state index contributed by atoms with van der Waals surface area (Å²) in [7, 11) is -2.04. The van der Waals surface area contributed by atoms with E-state index < -0.39 is 8.60 Å². The minimum Gasteiger partial charge on any atom is -0.409 e. The quantitative estimate of drug-likeness (QED) is 0.0758. The second-order valence-electron chi connectivity index (χ2n) is 23.0. The third kappa shape index (κ3) is 10.5. The van der Waals surface area contributed by atoms with E-state index in [9.17, 15) is 0 Å². The summed E-state index contributed by atoms with van der Waals surface area (Å²) in [6.45, 7) is 42.1. The molecule has 66 heavy (non-hydrogen) atoms. The average molecular weight is 907 g/mol. The van der Waals surface area contributed by atoms with Crippen molar-refractivity contribution in [3.05, 3.63) is 137 Å². The fourth-order valence-electron chi connectivity index (χ4n) is 8.70. The first-order valence-corrected chi connectivity index (χ1v) is 26.2. The topological polar surface area (TPSA) is 27.7 Å². The molecule has 4 heteroatoms. The van der Waals surface area contributed by atoms with Crippen LogP contribution in [0.4, 0.5) is 0 Å². The fraction of sp³-hybridized carbons (Fsp3) is 0.484. The van der Waals surface area contributed by atoms with E-state index in [0.29, 0.717) is 5.75 Å². The summed E-state index contributed by atoms with van der Waals surface area (Å²) in [5.74, 6) is 2.33. The predicted octanol–water partition coefficient (Wildman–Crippen LogP) is 19.5. The molecule has 3 nitrogen and oxygen atoms in total. The SMILES string of the molecule is CCC(C)(C)c1cc(C(C)(C)CC)c2cc(OP(Oc3ccc(-c4ccccc4)cc3)Oc3cc4c(C(C)(C)CC)cc(C(C)(C)CC)cc4cc3C(C)(C)CC)c(C(C)(C)CC)cc2c1. The van der Waals surface area contributed by atoms with Crippen molar-refractivity contribution in [1.29, 1.82) is 0 Å². The van der Waals surface area contributed by atoms with Crippen LogP contribution in [0.25, 0.3) is 32.7 Å². The molecule has 0 unspecified atom stereocenters. The van der Waals surface area contributed by atoms with Gasteiger partial charge in [-0.2, -0.15) is 0 Å². The normalized spacial score (nSPS) is 13.2. The molecule has 0 fully saturated rings. The van der Waals surface area contributed by atoms with E-state index in [2.05, 4.69) is 228 Å². The van der Waals surface area contributed by atoms with Crippen molar-refractivity contribution in [3.63, 3.8) is 0 Å². The van der Waals surface area contributed by atoms with E-state index in [1.807, 2.05) is 0 Å². The number of fused-ring (bicyclic) bond motifs is 2. The maximum Gasteiger partial charge on any atom is 0.530 e. The summed E-state index contributed by atoms with van der Waals surface area (Å²) in [4.78, 5) is 0. The Balaban J connectivity index is 1.62. The average Bonchev–Trinajstić information content (AvgIpc) is 3.30. The van der Waals surface area contributed by atoms with Crippen LogP contribution in [0.5, 0.6) is 17.2 Å². The maximum atomic E-state index is 7.42. The van der Waals surface area contributed by atoms with Gasteiger partial charge < -0.3 is 13.6 Å². The number of benzene rings is 6. The molecule has 354 valence electrons. The van der Waals surface area contributed by atoms with Gasteiger partial charge >= 0.3 is 8.60 Å². The summed E-state index contributed by atoms with van der Waals surface area (Å²) in [6.07, 6.45) is 6.03. The Kier molecular flexibility index (Phi) is 15.0. The van der Waals surface area contributed by atoms with Crippen LogP contribution in [0.15, 0.2) is 103 Å². The van der Waals surface area contributed by atoms with Gasteiger partial charge in [0, 0.05) is 11.1 Å². The lowest BCUT2D eigenvalue weighted by atomic mass is 9.73. The van der Waals surface area contributed by atoms with Crippen molar-refractivity contribution >= 4 is 30.1 Å². The Labute approximate surface area is 402 Å². The first kappa shape index (κ1) is 51.1. The van der Waals surface area contributed by atoms with Crippen molar-refractivity contribution in [2.24, 2.45) is 0 Å². The van der Waals surface area contributed by atoms with Crippen LogP contribution < -0.4 is 13.6 Å². The lowest BCUT2D eigenvalue weighted by Gasteiger charge is -2.33. The molecule has 0 aromatic heterocycles. The minimum absolute atomic E-state index is 0.0399. The van der Waals surface area contributed by atoms with Crippen molar-refractivity contribution in [2.45, 2.75) is 196 Å². The van der Waals surface area contributed by atoms with E-state index in [1.54, 1.807) is 0 Å². The number of hydrogen-bond donors (Lipinski definition) is 0. The third-order valence-corrected chi connectivity index (χ3v) is 17.4. The van der Waals surface area contributed by atoms with Crippen molar-refractivity contribution in [2.75, 3.05) is 0 Å². The van der Waals surface area contributed by atoms with Crippen LogP contribution in [-0.2, 0) is 32.5 Å². The Morgan fingerprint density at radius 3 is 1.06 bits per heavy atom. The second kappa shape index (κ2) is 19.3. The second-order valence-corrected chi connectivity index (χ2v) is 24.0. The molecule has 6 rings (SSSR count). The Hall–Kier alpha value is -4.33. The first-order valence-electron chi connectivity index (χ1n) is 25.1. The molecule has 0 radical (unpaired) electrons. The van der Waals surface area contributed by atoms with Gasteiger partial charge in [-0.15, -0.1) is 0 Å². The van der Waals surface area contributed by atoms with E-state index in [4.69, 9.17) is 13.6 Å². The summed E-state index contributed by atoms with van der Waals surface area (Å²) < 4.78 is 21.9. The van der Waals surface area contributed by atoms with Gasteiger partial charge in [-0.05, 0) is 162 Å². The lowest BCUT2D eigenvalue weighted by Crippen LogP contribution is -2.22. The van der Waals surface area contributed by atoms with Crippen molar-refractivity contribution < 1.29 is 13.6 Å². The monoisotopic (exact) mass is 907 g/mol. The summed E-state index contributed by atoms with van der Waals surface area (Å²) in [6, 6.07) is 38.1. The molecule has 0 aliphatic rings. The van der Waals surface area contributed by atoms with E-state index >= 15 is 0 Å². The molecule has 0 saturated carbocycles. The van der Waals surface area contributed by atoms with Gasteiger partial charge in [-0.3, -0.25) is 0 Å². The van der Waals surface area contributed by atoms with Crippen molar-refractivity contribution in [3.8, 4) is 28.4 Å². The van der Waals surface area contributed by atoms with E-state index in [0.717, 1.165) is 72.3 Å². The van der Waals surface area contributed by atoms with Gasteiger partial charge in [-0.25, -0.2) is 0 Å². The van der Waals surface area contributed by atoms with E-state index in [1.165, 1.54) is 43.8 Å². The number of rotatable bonds is 19. The zero-order chi connectivity index (χ0) is 48.6. The lowest BCUT2D eigenvalue weighted by molar-refractivity contribution is 0.373. The Bertz CT molecular complexity index is 2490. The van der Waals surface area contributed by atoms with Gasteiger partial charge in [0.05, 0.1) is 0 Å².